The van der Waals surface area contributed by atoms with E-state index in [1.165, 1.54) is 6.07 Å². The second-order valence-electron chi connectivity index (χ2n) is 4.67. The summed E-state index contributed by atoms with van der Waals surface area (Å²) in [7, 11) is 0. The Bertz CT molecular complexity index is 617. The fourth-order valence-electron chi connectivity index (χ4n) is 1.97. The van der Waals surface area contributed by atoms with Crippen LogP contribution in [0.1, 0.15) is 15.9 Å². The molecule has 3 nitrogen and oxygen atoms in total. The van der Waals surface area contributed by atoms with Gasteiger partial charge in [0.1, 0.15) is 0 Å². The van der Waals surface area contributed by atoms with Crippen molar-refractivity contribution in [1.82, 2.24) is 5.32 Å². The summed E-state index contributed by atoms with van der Waals surface area (Å²) in [6.07, 6.45) is 0.560. The summed E-state index contributed by atoms with van der Waals surface area (Å²) in [4.78, 5) is 12.1. The third-order valence-electron chi connectivity index (χ3n) is 3.06. The molecule has 0 aromatic heterocycles. The molecule has 0 heterocycles. The minimum Gasteiger partial charge on any atom is -0.394 e. The standard InChI is InChI=1S/C16H15Cl2NO2/c17-14-7-6-12(9-15(14)18)16(21)19-13(10-20)8-11-4-2-1-3-5-11/h1-7,9,13,20H,8,10H2,(H,19,21)/t13-/m0/s1. The normalized spacial score (nSPS) is 12.0. The maximum atomic E-state index is 12.1. The minimum atomic E-state index is -0.352. The fraction of sp³-hybridized carbons (Fsp3) is 0.188. The number of rotatable bonds is 5. The monoisotopic (exact) mass is 323 g/mol. The van der Waals surface area contributed by atoms with E-state index in [0.29, 0.717) is 22.0 Å². The molecule has 2 aromatic rings. The number of halogens is 2. The molecule has 0 unspecified atom stereocenters. The molecule has 0 aliphatic rings. The van der Waals surface area contributed by atoms with Crippen LogP contribution < -0.4 is 5.32 Å². The lowest BCUT2D eigenvalue weighted by Gasteiger charge is -2.16. The number of hydrogen-bond acceptors (Lipinski definition) is 2. The smallest absolute Gasteiger partial charge is 0.251 e. The Hall–Kier alpha value is -1.55. The zero-order chi connectivity index (χ0) is 15.2. The first kappa shape index (κ1) is 15.8. The number of hydrogen-bond donors (Lipinski definition) is 2. The van der Waals surface area contributed by atoms with Crippen molar-refractivity contribution < 1.29 is 9.90 Å². The number of carbonyl (C=O) groups is 1. The maximum Gasteiger partial charge on any atom is 0.251 e. The first-order valence-corrected chi connectivity index (χ1v) is 7.26. The molecule has 0 aliphatic heterocycles. The summed E-state index contributed by atoms with van der Waals surface area (Å²) in [5, 5.41) is 12.9. The van der Waals surface area contributed by atoms with Gasteiger partial charge in [0.2, 0.25) is 0 Å². The van der Waals surface area contributed by atoms with Crippen LogP contribution in [-0.2, 0) is 6.42 Å². The molecule has 110 valence electrons. The van der Waals surface area contributed by atoms with E-state index in [-0.39, 0.29) is 18.6 Å². The summed E-state index contributed by atoms with van der Waals surface area (Å²) in [6.45, 7) is -0.137. The molecular formula is C16H15Cl2NO2. The zero-order valence-electron chi connectivity index (χ0n) is 11.2. The van der Waals surface area contributed by atoms with Gasteiger partial charge in [0.05, 0.1) is 22.7 Å². The molecule has 5 heteroatoms. The number of benzene rings is 2. The highest BCUT2D eigenvalue weighted by Crippen LogP contribution is 2.22. The van der Waals surface area contributed by atoms with Crippen molar-refractivity contribution in [1.29, 1.82) is 0 Å². The van der Waals surface area contributed by atoms with E-state index in [4.69, 9.17) is 23.2 Å². The van der Waals surface area contributed by atoms with Crippen LogP contribution in [0.4, 0.5) is 0 Å². The van der Waals surface area contributed by atoms with Crippen molar-refractivity contribution in [3.8, 4) is 0 Å². The van der Waals surface area contributed by atoms with Crippen molar-refractivity contribution >= 4 is 29.1 Å². The molecule has 2 N–H and O–H groups in total. The first-order chi connectivity index (χ1) is 10.1. The zero-order valence-corrected chi connectivity index (χ0v) is 12.7. The van der Waals surface area contributed by atoms with Crippen LogP contribution in [-0.4, -0.2) is 23.7 Å². The average Bonchev–Trinajstić information content (AvgIpc) is 2.50. The SMILES string of the molecule is O=C(N[C@H](CO)Cc1ccccc1)c1ccc(Cl)c(Cl)c1. The van der Waals surface area contributed by atoms with E-state index in [0.717, 1.165) is 5.56 Å². The number of aliphatic hydroxyl groups excluding tert-OH is 1. The Morgan fingerprint density at radius 2 is 1.81 bits per heavy atom. The van der Waals surface area contributed by atoms with Gasteiger partial charge in [0, 0.05) is 5.56 Å². The molecule has 0 spiro atoms. The number of aliphatic hydroxyl groups is 1. The Balaban J connectivity index is 2.04. The van der Waals surface area contributed by atoms with Crippen molar-refractivity contribution in [2.75, 3.05) is 6.61 Å². The van der Waals surface area contributed by atoms with E-state index in [2.05, 4.69) is 5.32 Å². The van der Waals surface area contributed by atoms with Crippen LogP contribution in [0.5, 0.6) is 0 Å². The van der Waals surface area contributed by atoms with Gasteiger partial charge in [-0.25, -0.2) is 0 Å². The topological polar surface area (TPSA) is 49.3 Å². The quantitative estimate of drug-likeness (QED) is 0.886. The highest BCUT2D eigenvalue weighted by molar-refractivity contribution is 6.42. The second-order valence-corrected chi connectivity index (χ2v) is 5.49. The van der Waals surface area contributed by atoms with Crippen LogP contribution in [0.3, 0.4) is 0 Å². The fourth-order valence-corrected chi connectivity index (χ4v) is 2.26. The molecule has 0 saturated carbocycles. The second kappa shape index (κ2) is 7.46. The lowest BCUT2D eigenvalue weighted by atomic mass is 10.1. The third-order valence-corrected chi connectivity index (χ3v) is 3.80. The van der Waals surface area contributed by atoms with Gasteiger partial charge in [-0.2, -0.15) is 0 Å². The maximum absolute atomic E-state index is 12.1. The molecule has 1 atom stereocenters. The molecular weight excluding hydrogens is 309 g/mol. The summed E-state index contributed by atoms with van der Waals surface area (Å²) in [5.41, 5.74) is 1.46. The first-order valence-electron chi connectivity index (χ1n) is 6.51. The lowest BCUT2D eigenvalue weighted by Crippen LogP contribution is -2.39. The Morgan fingerprint density at radius 3 is 2.43 bits per heavy atom. The van der Waals surface area contributed by atoms with E-state index in [9.17, 15) is 9.90 Å². The lowest BCUT2D eigenvalue weighted by molar-refractivity contribution is 0.0916. The van der Waals surface area contributed by atoms with Crippen LogP contribution >= 0.6 is 23.2 Å². The molecule has 0 saturated heterocycles. The van der Waals surface area contributed by atoms with Gasteiger partial charge in [-0.15, -0.1) is 0 Å². The van der Waals surface area contributed by atoms with Crippen molar-refractivity contribution in [2.24, 2.45) is 0 Å². The van der Waals surface area contributed by atoms with E-state index in [1.54, 1.807) is 12.1 Å². The van der Waals surface area contributed by atoms with Gasteiger partial charge < -0.3 is 10.4 Å². The van der Waals surface area contributed by atoms with E-state index >= 15 is 0 Å². The molecule has 1 amide bonds. The molecule has 21 heavy (non-hydrogen) atoms. The van der Waals surface area contributed by atoms with Gasteiger partial charge in [-0.1, -0.05) is 53.5 Å². The van der Waals surface area contributed by atoms with Crippen molar-refractivity contribution in [3.63, 3.8) is 0 Å². The Labute approximate surface area is 133 Å². The molecule has 0 fully saturated rings. The summed E-state index contributed by atoms with van der Waals surface area (Å²) in [5.74, 6) is -0.288. The summed E-state index contributed by atoms with van der Waals surface area (Å²) < 4.78 is 0. The Kier molecular flexibility index (Phi) is 5.62. The van der Waals surface area contributed by atoms with Gasteiger partial charge in [0.15, 0.2) is 0 Å². The van der Waals surface area contributed by atoms with Gasteiger partial charge in [-0.3, -0.25) is 4.79 Å². The van der Waals surface area contributed by atoms with Crippen LogP contribution in [0.2, 0.25) is 10.0 Å². The number of nitrogens with one attached hydrogen (secondary N) is 1. The van der Waals surface area contributed by atoms with Crippen LogP contribution in [0, 0.1) is 0 Å². The average molecular weight is 324 g/mol. The largest absolute Gasteiger partial charge is 0.394 e. The summed E-state index contributed by atoms with van der Waals surface area (Å²) in [6, 6.07) is 14.0. The van der Waals surface area contributed by atoms with Crippen LogP contribution in [0.25, 0.3) is 0 Å². The molecule has 0 aliphatic carbocycles. The molecule has 0 radical (unpaired) electrons. The van der Waals surface area contributed by atoms with Gasteiger partial charge in [0.25, 0.3) is 5.91 Å². The van der Waals surface area contributed by atoms with Gasteiger partial charge >= 0.3 is 0 Å². The predicted octanol–water partition coefficient (Wildman–Crippen LogP) is 3.33. The van der Waals surface area contributed by atoms with Gasteiger partial charge in [-0.05, 0) is 30.2 Å². The van der Waals surface area contributed by atoms with Crippen molar-refractivity contribution in [2.45, 2.75) is 12.5 Å². The van der Waals surface area contributed by atoms with Crippen molar-refractivity contribution in [3.05, 3.63) is 69.7 Å². The number of amides is 1. The van der Waals surface area contributed by atoms with E-state index < -0.39 is 0 Å². The molecule has 0 bridgehead atoms. The third kappa shape index (κ3) is 4.46. The Morgan fingerprint density at radius 1 is 1.10 bits per heavy atom. The minimum absolute atomic E-state index is 0.137. The van der Waals surface area contributed by atoms with E-state index in [1.807, 2.05) is 30.3 Å². The highest BCUT2D eigenvalue weighted by atomic mass is 35.5. The van der Waals surface area contributed by atoms with Crippen LogP contribution in [0.15, 0.2) is 48.5 Å². The highest BCUT2D eigenvalue weighted by Gasteiger charge is 2.14. The molecule has 2 rings (SSSR count). The molecule has 2 aromatic carbocycles. The summed E-state index contributed by atoms with van der Waals surface area (Å²) >= 11 is 11.7. The predicted molar refractivity (Wildman–Crippen MR) is 84.9 cm³/mol. The number of carbonyl (C=O) groups excluding carboxylic acids is 1.